The van der Waals surface area contributed by atoms with Crippen molar-refractivity contribution < 1.29 is 18.0 Å². The van der Waals surface area contributed by atoms with Crippen molar-refractivity contribution in [1.82, 2.24) is 5.32 Å². The fourth-order valence-corrected chi connectivity index (χ4v) is 2.28. The molecule has 1 N–H and O–H groups in total. The summed E-state index contributed by atoms with van der Waals surface area (Å²) in [4.78, 5) is 12.2. The molecule has 1 atom stereocenters. The molecule has 1 saturated heterocycles. The molecule has 1 aliphatic rings. The molecule has 0 aliphatic carbocycles. The van der Waals surface area contributed by atoms with Gasteiger partial charge >= 0.3 is 6.18 Å². The van der Waals surface area contributed by atoms with Gasteiger partial charge in [-0.1, -0.05) is 25.0 Å². The number of rotatable bonds is 2. The molecule has 0 amide bonds. The third-order valence-electron chi connectivity index (χ3n) is 3.37. The summed E-state index contributed by atoms with van der Waals surface area (Å²) >= 11 is 0. The number of ketones is 1. The summed E-state index contributed by atoms with van der Waals surface area (Å²) < 4.78 is 37.3. The second kappa shape index (κ2) is 5.74. The minimum atomic E-state index is -4.36. The van der Waals surface area contributed by atoms with E-state index in [9.17, 15) is 18.0 Å². The molecule has 19 heavy (non-hydrogen) atoms. The number of alkyl halides is 3. The summed E-state index contributed by atoms with van der Waals surface area (Å²) in [6.45, 7) is 0.789. The molecule has 0 spiro atoms. The van der Waals surface area contributed by atoms with E-state index in [4.69, 9.17) is 0 Å². The molecule has 0 aromatic heterocycles. The molecule has 1 aromatic rings. The van der Waals surface area contributed by atoms with Crippen molar-refractivity contribution in [2.24, 2.45) is 0 Å². The number of carbonyl (C=O) groups is 1. The molecule has 104 valence electrons. The third kappa shape index (κ3) is 3.56. The predicted octanol–water partition coefficient (Wildman–Crippen LogP) is 3.42. The monoisotopic (exact) mass is 271 g/mol. The van der Waals surface area contributed by atoms with Crippen LogP contribution in [0.4, 0.5) is 13.2 Å². The lowest BCUT2D eigenvalue weighted by molar-refractivity contribution is -0.137. The van der Waals surface area contributed by atoms with Gasteiger partial charge in [-0.2, -0.15) is 13.2 Å². The van der Waals surface area contributed by atoms with Gasteiger partial charge in [0.05, 0.1) is 11.6 Å². The normalized spacial score (nSPS) is 20.9. The zero-order valence-electron chi connectivity index (χ0n) is 10.5. The van der Waals surface area contributed by atoms with E-state index in [-0.39, 0.29) is 11.8 Å². The molecule has 0 radical (unpaired) electrons. The van der Waals surface area contributed by atoms with Crippen LogP contribution in [0.25, 0.3) is 0 Å². The number of Topliss-reactive ketones (excluding diaryl/α,β-unsaturated/α-hetero) is 1. The van der Waals surface area contributed by atoms with Crippen LogP contribution in [-0.2, 0) is 6.18 Å². The molecule has 1 unspecified atom stereocenters. The van der Waals surface area contributed by atoms with Crippen LogP contribution in [0, 0.1) is 0 Å². The highest BCUT2D eigenvalue weighted by molar-refractivity contribution is 6.00. The minimum absolute atomic E-state index is 0.115. The maximum Gasteiger partial charge on any atom is 0.416 e. The van der Waals surface area contributed by atoms with Crippen molar-refractivity contribution in [2.75, 3.05) is 6.54 Å². The molecule has 0 bridgehead atoms. The lowest BCUT2D eigenvalue weighted by Crippen LogP contribution is -2.36. The smallest absolute Gasteiger partial charge is 0.307 e. The Hall–Kier alpha value is -1.36. The molecule has 1 aromatic carbocycles. The van der Waals surface area contributed by atoms with E-state index >= 15 is 0 Å². The van der Waals surface area contributed by atoms with Crippen molar-refractivity contribution in [3.05, 3.63) is 35.4 Å². The van der Waals surface area contributed by atoms with Crippen LogP contribution in [0.1, 0.15) is 41.6 Å². The maximum atomic E-state index is 12.4. The van der Waals surface area contributed by atoms with Crippen molar-refractivity contribution in [3.8, 4) is 0 Å². The summed E-state index contributed by atoms with van der Waals surface area (Å²) in [5.41, 5.74) is -0.384. The summed E-state index contributed by atoms with van der Waals surface area (Å²) in [5.74, 6) is -0.115. The number of hydrogen-bond donors (Lipinski definition) is 1. The number of halogens is 3. The lowest BCUT2D eigenvalue weighted by atomic mass is 9.99. The Labute approximate surface area is 110 Å². The average molecular weight is 271 g/mol. The fourth-order valence-electron chi connectivity index (χ4n) is 2.28. The van der Waals surface area contributed by atoms with Crippen LogP contribution in [0.3, 0.4) is 0 Å². The first kappa shape index (κ1) is 14.1. The second-order valence-corrected chi connectivity index (χ2v) is 4.80. The van der Waals surface area contributed by atoms with Crippen LogP contribution < -0.4 is 5.32 Å². The van der Waals surface area contributed by atoms with Crippen molar-refractivity contribution in [2.45, 2.75) is 37.9 Å². The Bertz CT molecular complexity index is 431. The minimum Gasteiger partial charge on any atom is -0.307 e. The molecule has 5 heteroatoms. The van der Waals surface area contributed by atoms with Gasteiger partial charge in [0.2, 0.25) is 0 Å². The van der Waals surface area contributed by atoms with Crippen molar-refractivity contribution in [1.29, 1.82) is 0 Å². The maximum absolute atomic E-state index is 12.4. The van der Waals surface area contributed by atoms with E-state index in [0.29, 0.717) is 5.56 Å². The van der Waals surface area contributed by atoms with Crippen LogP contribution in [0.5, 0.6) is 0 Å². The van der Waals surface area contributed by atoms with Gasteiger partial charge in [-0.25, -0.2) is 0 Å². The van der Waals surface area contributed by atoms with Crippen molar-refractivity contribution in [3.63, 3.8) is 0 Å². The van der Waals surface area contributed by atoms with E-state index in [1.165, 1.54) is 12.1 Å². The highest BCUT2D eigenvalue weighted by Gasteiger charge is 2.30. The summed E-state index contributed by atoms with van der Waals surface area (Å²) in [7, 11) is 0. The van der Waals surface area contributed by atoms with Crippen LogP contribution in [-0.4, -0.2) is 18.4 Å². The second-order valence-electron chi connectivity index (χ2n) is 4.80. The highest BCUT2D eigenvalue weighted by Crippen LogP contribution is 2.29. The molecular weight excluding hydrogens is 255 g/mol. The number of hydrogen-bond acceptors (Lipinski definition) is 2. The van der Waals surface area contributed by atoms with Crippen LogP contribution >= 0.6 is 0 Å². The first-order chi connectivity index (χ1) is 8.98. The highest BCUT2D eigenvalue weighted by atomic mass is 19.4. The molecule has 2 nitrogen and oxygen atoms in total. The van der Waals surface area contributed by atoms with Gasteiger partial charge in [0.1, 0.15) is 0 Å². The first-order valence-corrected chi connectivity index (χ1v) is 6.43. The lowest BCUT2D eigenvalue weighted by Gasteiger charge is -2.15. The van der Waals surface area contributed by atoms with E-state index < -0.39 is 11.7 Å². The Morgan fingerprint density at radius 1 is 1.11 bits per heavy atom. The zero-order valence-corrected chi connectivity index (χ0v) is 10.5. The van der Waals surface area contributed by atoms with E-state index in [0.717, 1.165) is 44.4 Å². The number of nitrogens with one attached hydrogen (secondary N) is 1. The summed E-state index contributed by atoms with van der Waals surface area (Å²) in [5, 5.41) is 3.15. The molecule has 1 fully saturated rings. The quantitative estimate of drug-likeness (QED) is 0.835. The van der Waals surface area contributed by atoms with Crippen molar-refractivity contribution >= 4 is 5.78 Å². The van der Waals surface area contributed by atoms with Gasteiger partial charge in [-0.05, 0) is 31.5 Å². The topological polar surface area (TPSA) is 29.1 Å². The predicted molar refractivity (Wildman–Crippen MR) is 66.0 cm³/mol. The van der Waals surface area contributed by atoms with E-state index in [2.05, 4.69) is 5.32 Å². The molecular formula is C14H16F3NO. The zero-order chi connectivity index (χ0) is 13.9. The van der Waals surface area contributed by atoms with Gasteiger partial charge in [0, 0.05) is 5.56 Å². The largest absolute Gasteiger partial charge is 0.416 e. The molecule has 1 aliphatic heterocycles. The Kier molecular flexibility index (Phi) is 4.24. The average Bonchev–Trinajstić information content (AvgIpc) is 2.66. The van der Waals surface area contributed by atoms with Gasteiger partial charge in [0.15, 0.2) is 5.78 Å². The Balaban J connectivity index is 2.10. The molecule has 0 saturated carbocycles. The SMILES string of the molecule is O=C(c1ccc(C(F)(F)F)cc1)C1CCCCCN1. The summed E-state index contributed by atoms with van der Waals surface area (Å²) in [6, 6.07) is 4.18. The first-order valence-electron chi connectivity index (χ1n) is 6.43. The number of carbonyl (C=O) groups excluding carboxylic acids is 1. The van der Waals surface area contributed by atoms with Crippen LogP contribution in [0.15, 0.2) is 24.3 Å². The molecule has 2 rings (SSSR count). The Morgan fingerprint density at radius 3 is 2.42 bits per heavy atom. The molecule has 1 heterocycles. The van der Waals surface area contributed by atoms with E-state index in [1.807, 2.05) is 0 Å². The van der Waals surface area contributed by atoms with E-state index in [1.54, 1.807) is 0 Å². The summed E-state index contributed by atoms with van der Waals surface area (Å²) in [6.07, 6.45) is -0.507. The van der Waals surface area contributed by atoms with Gasteiger partial charge in [-0.3, -0.25) is 4.79 Å². The number of benzene rings is 1. The third-order valence-corrected chi connectivity index (χ3v) is 3.37. The Morgan fingerprint density at radius 2 is 1.79 bits per heavy atom. The van der Waals surface area contributed by atoms with Gasteiger partial charge < -0.3 is 5.32 Å². The fraction of sp³-hybridized carbons (Fsp3) is 0.500. The van der Waals surface area contributed by atoms with Crippen LogP contribution in [0.2, 0.25) is 0 Å². The standard InChI is InChI=1S/C14H16F3NO/c15-14(16,17)11-7-5-10(6-8-11)13(19)12-4-2-1-3-9-18-12/h5-8,12,18H,1-4,9H2. The van der Waals surface area contributed by atoms with Gasteiger partial charge in [-0.15, -0.1) is 0 Å². The van der Waals surface area contributed by atoms with Gasteiger partial charge in [0.25, 0.3) is 0 Å².